The second-order valence-corrected chi connectivity index (χ2v) is 3.96. The quantitative estimate of drug-likeness (QED) is 0.773. The third kappa shape index (κ3) is 3.47. The van der Waals surface area contributed by atoms with Crippen molar-refractivity contribution >= 4 is 17.6 Å². The smallest absolute Gasteiger partial charge is 0.310 e. The molecule has 0 heterocycles. The van der Waals surface area contributed by atoms with Crippen molar-refractivity contribution in [1.82, 2.24) is 0 Å². The number of aryl methyl sites for hydroxylation is 1. The van der Waals surface area contributed by atoms with E-state index in [0.29, 0.717) is 22.8 Å². The molecule has 0 bridgehead atoms. The summed E-state index contributed by atoms with van der Waals surface area (Å²) in [4.78, 5) is 11.4. The highest BCUT2D eigenvalue weighted by atomic mass is 35.5. The van der Waals surface area contributed by atoms with Crippen molar-refractivity contribution in [3.05, 3.63) is 33.8 Å². The molecule has 0 aliphatic heterocycles. The van der Waals surface area contributed by atoms with Gasteiger partial charge in [0.2, 0.25) is 0 Å². The Labute approximate surface area is 106 Å². The Morgan fingerprint density at radius 3 is 2.65 bits per heavy atom. The summed E-state index contributed by atoms with van der Waals surface area (Å²) in [5.41, 5.74) is 2.04. The number of hydrogen-bond donors (Lipinski definition) is 0. The minimum absolute atomic E-state index is 0.112. The van der Waals surface area contributed by atoms with E-state index in [1.807, 2.05) is 13.0 Å². The number of carbonyl (C=O) groups excluding carboxylic acids is 1. The van der Waals surface area contributed by atoms with E-state index in [0.717, 1.165) is 12.0 Å². The summed E-state index contributed by atoms with van der Waals surface area (Å²) in [7, 11) is 0. The highest BCUT2D eigenvalue weighted by Crippen LogP contribution is 2.22. The number of hydrogen-bond acceptors (Lipinski definition) is 3. The number of nitrogens with zero attached hydrogens (tertiary/aromatic N) is 1. The van der Waals surface area contributed by atoms with Gasteiger partial charge in [0.15, 0.2) is 0 Å². The molecule has 0 N–H and O–H groups in total. The van der Waals surface area contributed by atoms with Gasteiger partial charge in [-0.05, 0) is 30.5 Å². The highest BCUT2D eigenvalue weighted by Gasteiger charge is 2.11. The second-order valence-electron chi connectivity index (χ2n) is 3.55. The number of esters is 1. The van der Waals surface area contributed by atoms with Gasteiger partial charge in [-0.2, -0.15) is 5.26 Å². The van der Waals surface area contributed by atoms with Gasteiger partial charge in [0.05, 0.1) is 24.7 Å². The van der Waals surface area contributed by atoms with Crippen LogP contribution in [0.4, 0.5) is 0 Å². The van der Waals surface area contributed by atoms with Crippen LogP contribution >= 0.6 is 11.6 Å². The lowest BCUT2D eigenvalue weighted by molar-refractivity contribution is -0.142. The molecule has 0 aromatic heterocycles. The summed E-state index contributed by atoms with van der Waals surface area (Å²) in [6.45, 7) is 4.07. The van der Waals surface area contributed by atoms with Crippen LogP contribution in [0.5, 0.6) is 0 Å². The summed E-state index contributed by atoms with van der Waals surface area (Å²) >= 11 is 6.01. The predicted octanol–water partition coefficient (Wildman–Crippen LogP) is 2.88. The number of nitriles is 1. The SMILES string of the molecule is CCOC(=O)Cc1cc(CC)c(Cl)cc1C#N. The molecule has 0 aliphatic carbocycles. The molecule has 0 atom stereocenters. The monoisotopic (exact) mass is 251 g/mol. The first-order valence-corrected chi connectivity index (χ1v) is 5.87. The molecule has 1 aromatic rings. The van der Waals surface area contributed by atoms with Gasteiger partial charge in [-0.1, -0.05) is 24.6 Å². The average molecular weight is 252 g/mol. The maximum Gasteiger partial charge on any atom is 0.310 e. The average Bonchev–Trinajstić information content (AvgIpc) is 2.31. The Balaban J connectivity index is 3.05. The van der Waals surface area contributed by atoms with Crippen molar-refractivity contribution in [3.63, 3.8) is 0 Å². The molecule has 0 amide bonds. The second kappa shape index (κ2) is 6.27. The molecule has 4 heteroatoms. The molecule has 1 rings (SSSR count). The topological polar surface area (TPSA) is 50.1 Å². The molecule has 0 saturated heterocycles. The molecule has 1 aromatic carbocycles. The first-order chi connectivity index (χ1) is 8.12. The van der Waals surface area contributed by atoms with Gasteiger partial charge in [0, 0.05) is 5.02 Å². The van der Waals surface area contributed by atoms with Crippen molar-refractivity contribution in [1.29, 1.82) is 5.26 Å². The van der Waals surface area contributed by atoms with Crippen molar-refractivity contribution in [2.75, 3.05) is 6.61 Å². The fraction of sp³-hybridized carbons (Fsp3) is 0.385. The van der Waals surface area contributed by atoms with E-state index >= 15 is 0 Å². The first kappa shape index (κ1) is 13.5. The molecule has 17 heavy (non-hydrogen) atoms. The lowest BCUT2D eigenvalue weighted by Gasteiger charge is -2.08. The number of benzene rings is 1. The van der Waals surface area contributed by atoms with E-state index < -0.39 is 0 Å². The Kier molecular flexibility index (Phi) is 4.99. The zero-order valence-electron chi connectivity index (χ0n) is 9.92. The standard InChI is InChI=1S/C13H14ClNO2/c1-3-9-5-10(7-13(16)17-4-2)11(8-15)6-12(9)14/h5-6H,3-4,7H2,1-2H3. The molecule has 0 aliphatic rings. The Morgan fingerprint density at radius 1 is 1.41 bits per heavy atom. The molecule has 90 valence electrons. The predicted molar refractivity (Wildman–Crippen MR) is 65.9 cm³/mol. The van der Waals surface area contributed by atoms with E-state index in [4.69, 9.17) is 21.6 Å². The van der Waals surface area contributed by atoms with Gasteiger partial charge in [0.25, 0.3) is 0 Å². The van der Waals surface area contributed by atoms with Gasteiger partial charge >= 0.3 is 5.97 Å². The summed E-state index contributed by atoms with van der Waals surface area (Å²) in [6.07, 6.45) is 0.876. The van der Waals surface area contributed by atoms with Crippen LogP contribution in [0.1, 0.15) is 30.5 Å². The molecule has 0 spiro atoms. The van der Waals surface area contributed by atoms with Crippen LogP contribution in [-0.4, -0.2) is 12.6 Å². The molecule has 0 radical (unpaired) electrons. The third-order valence-corrected chi connectivity index (χ3v) is 2.77. The first-order valence-electron chi connectivity index (χ1n) is 5.49. The molecule has 0 unspecified atom stereocenters. The summed E-state index contributed by atoms with van der Waals surface area (Å²) in [5, 5.41) is 9.55. The van der Waals surface area contributed by atoms with Crippen LogP contribution in [0.3, 0.4) is 0 Å². The molecule has 0 fully saturated rings. The minimum Gasteiger partial charge on any atom is -0.466 e. The van der Waals surface area contributed by atoms with Gasteiger partial charge in [0.1, 0.15) is 0 Å². The van der Waals surface area contributed by atoms with Crippen LogP contribution < -0.4 is 0 Å². The minimum atomic E-state index is -0.326. The van der Waals surface area contributed by atoms with Crippen LogP contribution in [-0.2, 0) is 22.4 Å². The fourth-order valence-corrected chi connectivity index (χ4v) is 1.86. The summed E-state index contributed by atoms with van der Waals surface area (Å²) in [6, 6.07) is 5.45. The van der Waals surface area contributed by atoms with E-state index in [1.54, 1.807) is 19.1 Å². The largest absolute Gasteiger partial charge is 0.466 e. The maximum atomic E-state index is 11.4. The zero-order valence-corrected chi connectivity index (χ0v) is 10.7. The van der Waals surface area contributed by atoms with Gasteiger partial charge in [-0.25, -0.2) is 0 Å². The van der Waals surface area contributed by atoms with Crippen molar-refractivity contribution in [2.45, 2.75) is 26.7 Å². The van der Waals surface area contributed by atoms with Gasteiger partial charge in [-0.15, -0.1) is 0 Å². The van der Waals surface area contributed by atoms with Crippen LogP contribution in [0.15, 0.2) is 12.1 Å². The summed E-state index contributed by atoms with van der Waals surface area (Å²) < 4.78 is 4.87. The Morgan fingerprint density at radius 2 is 2.12 bits per heavy atom. The van der Waals surface area contributed by atoms with Gasteiger partial charge < -0.3 is 4.74 Å². The Bertz CT molecular complexity index is 463. The highest BCUT2D eigenvalue weighted by molar-refractivity contribution is 6.31. The van der Waals surface area contributed by atoms with Gasteiger partial charge in [-0.3, -0.25) is 4.79 Å². The Hall–Kier alpha value is -1.53. The molecular weight excluding hydrogens is 238 g/mol. The van der Waals surface area contributed by atoms with Crippen LogP contribution in [0.25, 0.3) is 0 Å². The number of carbonyl (C=O) groups is 1. The van der Waals surface area contributed by atoms with E-state index in [1.165, 1.54) is 0 Å². The fourth-order valence-electron chi connectivity index (χ4n) is 1.56. The normalized spacial score (nSPS) is 9.76. The van der Waals surface area contributed by atoms with Crippen molar-refractivity contribution in [2.24, 2.45) is 0 Å². The number of rotatable bonds is 4. The lowest BCUT2D eigenvalue weighted by Crippen LogP contribution is -2.09. The third-order valence-electron chi connectivity index (χ3n) is 2.41. The molecular formula is C13H14ClNO2. The van der Waals surface area contributed by atoms with Crippen molar-refractivity contribution < 1.29 is 9.53 Å². The molecule has 0 saturated carbocycles. The van der Waals surface area contributed by atoms with Crippen LogP contribution in [0.2, 0.25) is 5.02 Å². The maximum absolute atomic E-state index is 11.4. The van der Waals surface area contributed by atoms with E-state index in [2.05, 4.69) is 0 Å². The number of halogens is 1. The lowest BCUT2D eigenvalue weighted by atomic mass is 10.0. The molecule has 3 nitrogen and oxygen atoms in total. The van der Waals surface area contributed by atoms with Crippen molar-refractivity contribution in [3.8, 4) is 6.07 Å². The zero-order chi connectivity index (χ0) is 12.8. The number of ether oxygens (including phenoxy) is 1. The van der Waals surface area contributed by atoms with Crippen LogP contribution in [0, 0.1) is 11.3 Å². The van der Waals surface area contributed by atoms with E-state index in [9.17, 15) is 4.79 Å². The summed E-state index contributed by atoms with van der Waals surface area (Å²) in [5.74, 6) is -0.326. The van der Waals surface area contributed by atoms with E-state index in [-0.39, 0.29) is 12.4 Å².